The Labute approximate surface area is 149 Å². The van der Waals surface area contributed by atoms with Gasteiger partial charge in [0, 0.05) is 6.42 Å². The molecule has 0 saturated heterocycles. The molecule has 0 spiro atoms. The molecule has 0 aromatic carbocycles. The molecule has 0 fully saturated rings. The molecule has 0 saturated carbocycles. The van der Waals surface area contributed by atoms with Gasteiger partial charge in [-0.1, -0.05) is 16.9 Å². The number of esters is 1. The van der Waals surface area contributed by atoms with Gasteiger partial charge in [0.15, 0.2) is 0 Å². The summed E-state index contributed by atoms with van der Waals surface area (Å²) in [5.74, 6) is 0.121. The smallest absolute Gasteiger partial charge is 0.306 e. The van der Waals surface area contributed by atoms with Gasteiger partial charge in [-0.3, -0.25) is 9.59 Å². The maximum Gasteiger partial charge on any atom is 0.306 e. The lowest BCUT2D eigenvalue weighted by atomic mass is 10.00. The van der Waals surface area contributed by atoms with Gasteiger partial charge in [-0.15, -0.1) is 0 Å². The van der Waals surface area contributed by atoms with Crippen LogP contribution in [0.4, 0.5) is 0 Å². The highest BCUT2D eigenvalue weighted by molar-refractivity contribution is 8.17. The number of carbonyl (C=O) groups is 2. The van der Waals surface area contributed by atoms with Crippen molar-refractivity contribution < 1.29 is 18.8 Å². The highest BCUT2D eigenvalue weighted by Gasteiger charge is 2.36. The van der Waals surface area contributed by atoms with E-state index in [1.165, 1.54) is 11.8 Å². The first-order valence-corrected chi connectivity index (χ1v) is 8.81. The van der Waals surface area contributed by atoms with Crippen LogP contribution in [0.25, 0.3) is 0 Å². The molecule has 8 heteroatoms. The molecular formula is C17H19N3O4S. The Hall–Kier alpha value is -2.22. The fourth-order valence-corrected chi connectivity index (χ4v) is 3.80. The van der Waals surface area contributed by atoms with Gasteiger partial charge >= 0.3 is 5.97 Å². The summed E-state index contributed by atoms with van der Waals surface area (Å²) in [4.78, 5) is 33.7. The van der Waals surface area contributed by atoms with Gasteiger partial charge in [0.25, 0.3) is 5.91 Å². The minimum atomic E-state index is -0.373. The SMILES string of the molecule is CC1=C(C)C2C(=O)N=C(CCC(=O)OCc3c(C)noc3C)N=C2S1. The Bertz CT molecular complexity index is 815. The summed E-state index contributed by atoms with van der Waals surface area (Å²) in [7, 11) is 0. The van der Waals surface area contributed by atoms with Crippen LogP contribution in [-0.4, -0.2) is 27.9 Å². The zero-order chi connectivity index (χ0) is 18.1. The van der Waals surface area contributed by atoms with E-state index in [1.54, 1.807) is 13.8 Å². The molecule has 3 rings (SSSR count). The van der Waals surface area contributed by atoms with E-state index in [9.17, 15) is 9.59 Å². The summed E-state index contributed by atoms with van der Waals surface area (Å²) in [6.45, 7) is 7.60. The second-order valence-corrected chi connectivity index (χ2v) is 7.29. The Morgan fingerprint density at radius 2 is 2.00 bits per heavy atom. The molecule has 1 unspecified atom stereocenters. The number of aryl methyl sites for hydroxylation is 2. The fourth-order valence-electron chi connectivity index (χ4n) is 2.67. The van der Waals surface area contributed by atoms with Crippen LogP contribution < -0.4 is 0 Å². The largest absolute Gasteiger partial charge is 0.461 e. The molecule has 25 heavy (non-hydrogen) atoms. The molecule has 0 radical (unpaired) electrons. The number of hydrogen-bond donors (Lipinski definition) is 0. The molecule has 1 atom stereocenters. The third kappa shape index (κ3) is 3.58. The average molecular weight is 361 g/mol. The summed E-state index contributed by atoms with van der Waals surface area (Å²) in [5.41, 5.74) is 2.50. The molecule has 1 amide bonds. The Morgan fingerprint density at radius 3 is 2.68 bits per heavy atom. The van der Waals surface area contributed by atoms with E-state index in [0.717, 1.165) is 21.1 Å². The fraction of sp³-hybridized carbons (Fsp3) is 0.471. The topological polar surface area (TPSA) is 94.1 Å². The summed E-state index contributed by atoms with van der Waals surface area (Å²) in [6, 6.07) is 0. The van der Waals surface area contributed by atoms with Crippen molar-refractivity contribution in [1.82, 2.24) is 5.16 Å². The van der Waals surface area contributed by atoms with E-state index < -0.39 is 0 Å². The number of ether oxygens (including phenoxy) is 1. The number of nitrogens with zero attached hydrogens (tertiary/aromatic N) is 3. The van der Waals surface area contributed by atoms with E-state index in [4.69, 9.17) is 9.26 Å². The molecule has 1 aromatic rings. The van der Waals surface area contributed by atoms with E-state index >= 15 is 0 Å². The third-order valence-corrected chi connectivity index (χ3v) is 5.49. The molecule has 2 aliphatic heterocycles. The van der Waals surface area contributed by atoms with Crippen LogP contribution in [0.3, 0.4) is 0 Å². The maximum absolute atomic E-state index is 12.2. The normalized spacial score (nSPS) is 19.7. The van der Waals surface area contributed by atoms with Gasteiger partial charge < -0.3 is 9.26 Å². The number of rotatable bonds is 5. The van der Waals surface area contributed by atoms with Crippen LogP contribution in [0.1, 0.15) is 43.7 Å². The summed E-state index contributed by atoms with van der Waals surface area (Å²) in [6.07, 6.45) is 0.397. The van der Waals surface area contributed by atoms with Crippen molar-refractivity contribution in [2.75, 3.05) is 0 Å². The van der Waals surface area contributed by atoms with Crippen molar-refractivity contribution in [2.45, 2.75) is 47.1 Å². The van der Waals surface area contributed by atoms with Gasteiger partial charge in [0.1, 0.15) is 24.1 Å². The van der Waals surface area contributed by atoms with Crippen molar-refractivity contribution in [3.8, 4) is 0 Å². The van der Waals surface area contributed by atoms with E-state index in [-0.39, 0.29) is 37.2 Å². The minimum Gasteiger partial charge on any atom is -0.461 e. The van der Waals surface area contributed by atoms with Crippen molar-refractivity contribution in [3.05, 3.63) is 27.5 Å². The number of fused-ring (bicyclic) bond motifs is 1. The molecule has 0 bridgehead atoms. The lowest BCUT2D eigenvalue weighted by molar-refractivity contribution is -0.144. The predicted molar refractivity (Wildman–Crippen MR) is 94.3 cm³/mol. The van der Waals surface area contributed by atoms with Gasteiger partial charge in [0.2, 0.25) is 0 Å². The highest BCUT2D eigenvalue weighted by atomic mass is 32.2. The van der Waals surface area contributed by atoms with Crippen LogP contribution in [0.2, 0.25) is 0 Å². The molecule has 1 aromatic heterocycles. The first kappa shape index (κ1) is 17.6. The number of aliphatic imine (C=N–C) groups is 2. The van der Waals surface area contributed by atoms with Crippen LogP contribution >= 0.6 is 11.8 Å². The van der Waals surface area contributed by atoms with Crippen LogP contribution in [-0.2, 0) is 20.9 Å². The molecule has 2 aliphatic rings. The monoisotopic (exact) mass is 361 g/mol. The molecule has 7 nitrogen and oxygen atoms in total. The van der Waals surface area contributed by atoms with E-state index in [1.807, 2.05) is 13.8 Å². The minimum absolute atomic E-state index is 0.118. The zero-order valence-electron chi connectivity index (χ0n) is 14.6. The van der Waals surface area contributed by atoms with Gasteiger partial charge in [-0.05, 0) is 38.2 Å². The number of aromatic nitrogens is 1. The predicted octanol–water partition coefficient (Wildman–Crippen LogP) is 3.11. The maximum atomic E-state index is 12.2. The second-order valence-electron chi connectivity index (χ2n) is 6.05. The molecule has 132 valence electrons. The van der Waals surface area contributed by atoms with Gasteiger partial charge in [0.05, 0.1) is 22.7 Å². The lowest BCUT2D eigenvalue weighted by Gasteiger charge is -2.14. The first-order valence-electron chi connectivity index (χ1n) is 7.99. The molecular weight excluding hydrogens is 342 g/mol. The number of hydrogen-bond acceptors (Lipinski definition) is 7. The van der Waals surface area contributed by atoms with Crippen LogP contribution in [0, 0.1) is 19.8 Å². The van der Waals surface area contributed by atoms with Gasteiger partial charge in [-0.2, -0.15) is 4.99 Å². The van der Waals surface area contributed by atoms with Crippen molar-refractivity contribution in [1.29, 1.82) is 0 Å². The van der Waals surface area contributed by atoms with Crippen molar-refractivity contribution >= 4 is 34.5 Å². The number of thioether (sulfide) groups is 1. The average Bonchev–Trinajstić information content (AvgIpc) is 3.03. The van der Waals surface area contributed by atoms with Crippen LogP contribution in [0.5, 0.6) is 0 Å². The van der Waals surface area contributed by atoms with Crippen molar-refractivity contribution in [2.24, 2.45) is 15.9 Å². The Kier molecular flexibility index (Phi) is 4.89. The number of carbonyl (C=O) groups excluding carboxylic acids is 2. The summed E-state index contributed by atoms with van der Waals surface area (Å²) < 4.78 is 10.3. The van der Waals surface area contributed by atoms with E-state index in [2.05, 4.69) is 15.1 Å². The number of allylic oxidation sites excluding steroid dienone is 1. The lowest BCUT2D eigenvalue weighted by Crippen LogP contribution is -2.25. The third-order valence-electron chi connectivity index (χ3n) is 4.33. The standard InChI is InChI=1S/C17H19N3O4S/c1-8-11(4)25-17-15(8)16(22)18-13(19-17)5-6-14(21)23-7-12-9(2)20-24-10(12)3/h15H,5-7H2,1-4H3. The van der Waals surface area contributed by atoms with Crippen LogP contribution in [0.15, 0.2) is 25.0 Å². The van der Waals surface area contributed by atoms with E-state index in [0.29, 0.717) is 17.3 Å². The second kappa shape index (κ2) is 6.95. The Morgan fingerprint density at radius 1 is 1.24 bits per heavy atom. The van der Waals surface area contributed by atoms with Crippen molar-refractivity contribution in [3.63, 3.8) is 0 Å². The first-order chi connectivity index (χ1) is 11.9. The summed E-state index contributed by atoms with van der Waals surface area (Å²) >= 11 is 1.51. The molecule has 3 heterocycles. The highest BCUT2D eigenvalue weighted by Crippen LogP contribution is 2.40. The molecule has 0 N–H and O–H groups in total. The summed E-state index contributed by atoms with van der Waals surface area (Å²) in [5, 5.41) is 4.58. The molecule has 0 aliphatic carbocycles. The number of amides is 1. The zero-order valence-corrected chi connectivity index (χ0v) is 15.4. The number of amidine groups is 1. The quantitative estimate of drug-likeness (QED) is 0.748. The van der Waals surface area contributed by atoms with Gasteiger partial charge in [-0.25, -0.2) is 4.99 Å². The Balaban J connectivity index is 1.54.